The summed E-state index contributed by atoms with van der Waals surface area (Å²) < 4.78 is 3.49. The molecule has 1 fully saturated rings. The highest BCUT2D eigenvalue weighted by Gasteiger charge is 2.31. The zero-order chi connectivity index (χ0) is 13.3. The van der Waals surface area contributed by atoms with Gasteiger partial charge in [0, 0.05) is 24.3 Å². The highest BCUT2D eigenvalue weighted by atomic mass is 79.9. The number of nitrogens with zero attached hydrogens (tertiary/aromatic N) is 3. The molecule has 0 saturated heterocycles. The third kappa shape index (κ3) is 2.36. The highest BCUT2D eigenvalue weighted by Crippen LogP contribution is 2.39. The third-order valence-corrected chi connectivity index (χ3v) is 5.43. The van der Waals surface area contributed by atoms with Gasteiger partial charge >= 0.3 is 0 Å². The first-order valence-corrected chi connectivity index (χ1v) is 7.95. The lowest BCUT2D eigenvalue weighted by Crippen LogP contribution is -2.35. The second-order valence-corrected chi connectivity index (χ2v) is 6.15. The summed E-state index contributed by atoms with van der Waals surface area (Å²) in [6, 6.07) is 1.78. The van der Waals surface area contributed by atoms with Crippen LogP contribution in [0.4, 0.5) is 0 Å². The Labute approximate surface area is 120 Å². The van der Waals surface area contributed by atoms with Crippen LogP contribution in [0.25, 0.3) is 5.52 Å². The lowest BCUT2D eigenvalue weighted by Gasteiger charge is -2.36. The van der Waals surface area contributed by atoms with Gasteiger partial charge in [-0.2, -0.15) is 5.10 Å². The van der Waals surface area contributed by atoms with Crippen molar-refractivity contribution in [2.24, 2.45) is 5.41 Å². The number of alkyl halides is 1. The van der Waals surface area contributed by atoms with E-state index >= 15 is 0 Å². The second-order valence-electron chi connectivity index (χ2n) is 5.59. The molecule has 0 unspecified atom stereocenters. The molecular formula is C14H18BrN3O. The second kappa shape index (κ2) is 5.12. The van der Waals surface area contributed by atoms with E-state index in [-0.39, 0.29) is 11.0 Å². The lowest BCUT2D eigenvalue weighted by molar-refractivity contribution is 0.189. The number of rotatable bonds is 3. The van der Waals surface area contributed by atoms with Crippen LogP contribution in [-0.4, -0.2) is 19.5 Å². The van der Waals surface area contributed by atoms with Crippen molar-refractivity contribution in [2.45, 2.75) is 38.6 Å². The maximum Gasteiger partial charge on any atom is 0.276 e. The van der Waals surface area contributed by atoms with Gasteiger partial charge in [-0.3, -0.25) is 4.79 Å². The van der Waals surface area contributed by atoms with Crippen LogP contribution >= 0.6 is 15.9 Å². The molecule has 0 radical (unpaired) electrons. The molecule has 0 N–H and O–H groups in total. The molecule has 5 heteroatoms. The van der Waals surface area contributed by atoms with Crippen molar-refractivity contribution in [1.29, 1.82) is 0 Å². The Morgan fingerprint density at radius 2 is 2.05 bits per heavy atom. The molecule has 0 atom stereocenters. The first kappa shape index (κ1) is 12.9. The Bertz CT molecular complexity index is 625. The average molecular weight is 324 g/mol. The number of fused-ring (bicyclic) bond motifs is 1. The van der Waals surface area contributed by atoms with Gasteiger partial charge in [0.25, 0.3) is 5.56 Å². The monoisotopic (exact) mass is 323 g/mol. The molecule has 3 rings (SSSR count). The van der Waals surface area contributed by atoms with Gasteiger partial charge in [-0.05, 0) is 24.3 Å². The van der Waals surface area contributed by atoms with Gasteiger partial charge in [0.15, 0.2) is 0 Å². The maximum atomic E-state index is 12.4. The van der Waals surface area contributed by atoms with Crippen LogP contribution in [0.5, 0.6) is 0 Å². The van der Waals surface area contributed by atoms with E-state index in [1.807, 2.05) is 17.0 Å². The molecule has 0 bridgehead atoms. The summed E-state index contributed by atoms with van der Waals surface area (Å²) in [7, 11) is 0. The zero-order valence-electron chi connectivity index (χ0n) is 10.9. The van der Waals surface area contributed by atoms with E-state index in [2.05, 4.69) is 21.0 Å². The summed E-state index contributed by atoms with van der Waals surface area (Å²) in [5.41, 5.74) is 0.953. The average Bonchev–Trinajstić information content (AvgIpc) is 2.92. The number of halogens is 1. The van der Waals surface area contributed by atoms with Crippen LogP contribution in [-0.2, 0) is 6.54 Å². The molecule has 1 saturated carbocycles. The fraction of sp³-hybridized carbons (Fsp3) is 0.571. The molecule has 2 aromatic rings. The minimum absolute atomic E-state index is 0.0610. The van der Waals surface area contributed by atoms with Crippen molar-refractivity contribution in [1.82, 2.24) is 14.2 Å². The van der Waals surface area contributed by atoms with E-state index in [0.717, 1.165) is 11.9 Å². The van der Waals surface area contributed by atoms with Gasteiger partial charge in [0.2, 0.25) is 0 Å². The molecule has 0 amide bonds. The fourth-order valence-electron chi connectivity index (χ4n) is 3.08. The maximum absolute atomic E-state index is 12.4. The van der Waals surface area contributed by atoms with E-state index in [0.29, 0.717) is 5.52 Å². The summed E-state index contributed by atoms with van der Waals surface area (Å²) >= 11 is 3.66. The van der Waals surface area contributed by atoms with Crippen molar-refractivity contribution in [3.05, 3.63) is 35.0 Å². The third-order valence-electron chi connectivity index (χ3n) is 4.24. The number of hydrogen-bond donors (Lipinski definition) is 0. The smallest absolute Gasteiger partial charge is 0.276 e. The van der Waals surface area contributed by atoms with Crippen molar-refractivity contribution >= 4 is 21.4 Å². The number of hydrogen-bond acceptors (Lipinski definition) is 2. The molecule has 102 valence electrons. The highest BCUT2D eigenvalue weighted by molar-refractivity contribution is 9.09. The lowest BCUT2D eigenvalue weighted by atomic mass is 9.75. The van der Waals surface area contributed by atoms with E-state index in [9.17, 15) is 4.79 Å². The van der Waals surface area contributed by atoms with Gasteiger partial charge in [-0.15, -0.1) is 0 Å². The quantitative estimate of drug-likeness (QED) is 0.815. The Balaban J connectivity index is 1.95. The largest absolute Gasteiger partial charge is 0.312 e. The fourth-order valence-corrected chi connectivity index (χ4v) is 3.82. The summed E-state index contributed by atoms with van der Waals surface area (Å²) in [6.45, 7) is 0.804. The van der Waals surface area contributed by atoms with Gasteiger partial charge in [0.05, 0.1) is 6.20 Å². The molecule has 1 aliphatic rings. The standard InChI is InChI=1S/C14H18BrN3O/c15-10-14(5-2-1-3-6-14)11-17-8-9-18-12(13(17)19)4-7-16-18/h4,7-9H,1-3,5-6,10-11H2. The first-order chi connectivity index (χ1) is 9.24. The van der Waals surface area contributed by atoms with E-state index in [1.165, 1.54) is 32.1 Å². The van der Waals surface area contributed by atoms with Crippen LogP contribution in [0.2, 0.25) is 0 Å². The normalized spacial score (nSPS) is 18.8. The zero-order valence-corrected chi connectivity index (χ0v) is 12.5. The Hall–Kier alpha value is -1.10. The predicted molar refractivity (Wildman–Crippen MR) is 78.8 cm³/mol. The number of aromatic nitrogens is 3. The van der Waals surface area contributed by atoms with Crippen LogP contribution in [0.1, 0.15) is 32.1 Å². The van der Waals surface area contributed by atoms with E-state index < -0.39 is 0 Å². The molecule has 2 heterocycles. The van der Waals surface area contributed by atoms with E-state index in [4.69, 9.17) is 0 Å². The van der Waals surface area contributed by atoms with Crippen LogP contribution < -0.4 is 5.56 Å². The minimum Gasteiger partial charge on any atom is -0.312 e. The Morgan fingerprint density at radius 3 is 2.79 bits per heavy atom. The molecule has 0 aliphatic heterocycles. The minimum atomic E-state index is 0.0610. The van der Waals surface area contributed by atoms with Crippen molar-refractivity contribution < 1.29 is 0 Å². The molecule has 1 aliphatic carbocycles. The molecule has 4 nitrogen and oxygen atoms in total. The summed E-state index contributed by atoms with van der Waals surface area (Å²) in [5.74, 6) is 0. The molecule has 19 heavy (non-hydrogen) atoms. The summed E-state index contributed by atoms with van der Waals surface area (Å²) in [6.07, 6.45) is 11.7. The molecule has 0 aromatic carbocycles. The summed E-state index contributed by atoms with van der Waals surface area (Å²) in [4.78, 5) is 12.4. The Kier molecular flexibility index (Phi) is 3.48. The summed E-state index contributed by atoms with van der Waals surface area (Å²) in [5, 5.41) is 5.07. The predicted octanol–water partition coefficient (Wildman–Crippen LogP) is 2.84. The molecule has 0 spiro atoms. The van der Waals surface area contributed by atoms with Crippen LogP contribution in [0.15, 0.2) is 29.5 Å². The van der Waals surface area contributed by atoms with Crippen molar-refractivity contribution in [2.75, 3.05) is 5.33 Å². The van der Waals surface area contributed by atoms with Gasteiger partial charge in [0.1, 0.15) is 5.52 Å². The van der Waals surface area contributed by atoms with Crippen LogP contribution in [0.3, 0.4) is 0 Å². The van der Waals surface area contributed by atoms with Crippen molar-refractivity contribution in [3.8, 4) is 0 Å². The molecule has 2 aromatic heterocycles. The van der Waals surface area contributed by atoms with Gasteiger partial charge in [-0.1, -0.05) is 35.2 Å². The Morgan fingerprint density at radius 1 is 1.26 bits per heavy atom. The van der Waals surface area contributed by atoms with Crippen molar-refractivity contribution in [3.63, 3.8) is 0 Å². The topological polar surface area (TPSA) is 39.3 Å². The van der Waals surface area contributed by atoms with Gasteiger partial charge < -0.3 is 4.57 Å². The van der Waals surface area contributed by atoms with Gasteiger partial charge in [-0.25, -0.2) is 4.52 Å². The molecular weight excluding hydrogens is 306 g/mol. The van der Waals surface area contributed by atoms with Crippen LogP contribution in [0, 0.1) is 5.41 Å². The van der Waals surface area contributed by atoms with E-state index in [1.54, 1.807) is 16.8 Å². The first-order valence-electron chi connectivity index (χ1n) is 6.83. The SMILES string of the molecule is O=c1c2ccnn2ccn1CC1(CBr)CCCCC1.